The minimum absolute atomic E-state index is 0. The van der Waals surface area contributed by atoms with Gasteiger partial charge in [-0.15, -0.1) is 24.0 Å². The monoisotopic (exact) mass is 413 g/mol. The van der Waals surface area contributed by atoms with Crippen molar-refractivity contribution in [1.29, 1.82) is 0 Å². The van der Waals surface area contributed by atoms with Crippen LogP contribution in [0.2, 0.25) is 0 Å². The summed E-state index contributed by atoms with van der Waals surface area (Å²) >= 11 is 0. The molecule has 0 amide bonds. The summed E-state index contributed by atoms with van der Waals surface area (Å²) in [7, 11) is 0. The van der Waals surface area contributed by atoms with Gasteiger partial charge < -0.3 is 10.6 Å². The first-order chi connectivity index (χ1) is 10.2. The van der Waals surface area contributed by atoms with Crippen LogP contribution in [0.4, 0.5) is 0 Å². The van der Waals surface area contributed by atoms with Crippen LogP contribution in [-0.4, -0.2) is 30.5 Å². The van der Waals surface area contributed by atoms with E-state index in [1.807, 2.05) is 0 Å². The zero-order valence-electron chi connectivity index (χ0n) is 13.6. The number of nitrogens with two attached hydrogens (primary N) is 1. The zero-order chi connectivity index (χ0) is 14.7. The molecule has 2 fully saturated rings. The maximum atomic E-state index is 6.24. The molecule has 1 saturated heterocycles. The quantitative estimate of drug-likeness (QED) is 0.465. The van der Waals surface area contributed by atoms with Crippen LogP contribution >= 0.6 is 24.0 Å². The lowest BCUT2D eigenvalue weighted by atomic mass is 9.92. The van der Waals surface area contributed by atoms with E-state index in [2.05, 4.69) is 36.1 Å². The largest absolute Gasteiger partial charge is 0.370 e. The number of nitrogens with zero attached hydrogens (tertiary/aromatic N) is 2. The zero-order valence-corrected chi connectivity index (χ0v) is 15.9. The van der Waals surface area contributed by atoms with Crippen molar-refractivity contribution < 1.29 is 0 Å². The Morgan fingerprint density at radius 2 is 1.77 bits per heavy atom. The van der Waals surface area contributed by atoms with E-state index in [9.17, 15) is 0 Å². The fraction of sp³-hybridized carbons (Fsp3) is 0.611. The summed E-state index contributed by atoms with van der Waals surface area (Å²) in [5.41, 5.74) is 9.37. The van der Waals surface area contributed by atoms with Crippen molar-refractivity contribution >= 4 is 29.9 Å². The number of hydrogen-bond donors (Lipinski definition) is 1. The molecule has 122 valence electrons. The minimum atomic E-state index is 0. The molecule has 4 heteroatoms. The minimum Gasteiger partial charge on any atom is -0.370 e. The third-order valence-electron chi connectivity index (χ3n) is 5.04. The highest BCUT2D eigenvalue weighted by Gasteiger charge is 2.44. The van der Waals surface area contributed by atoms with Crippen molar-refractivity contribution in [2.24, 2.45) is 10.7 Å². The van der Waals surface area contributed by atoms with Crippen LogP contribution in [0.15, 0.2) is 29.3 Å². The van der Waals surface area contributed by atoms with E-state index >= 15 is 0 Å². The third kappa shape index (κ3) is 3.94. The summed E-state index contributed by atoms with van der Waals surface area (Å²) in [6, 6.07) is 8.73. The van der Waals surface area contributed by atoms with E-state index < -0.39 is 0 Å². The van der Waals surface area contributed by atoms with Gasteiger partial charge in [0.25, 0.3) is 0 Å². The molecule has 0 atom stereocenters. The van der Waals surface area contributed by atoms with Crippen LogP contribution in [0.25, 0.3) is 0 Å². The molecule has 0 bridgehead atoms. The van der Waals surface area contributed by atoms with Gasteiger partial charge in [-0.3, -0.25) is 4.99 Å². The summed E-state index contributed by atoms with van der Waals surface area (Å²) in [5, 5.41) is 0. The normalized spacial score (nSPS) is 21.0. The summed E-state index contributed by atoms with van der Waals surface area (Å²) < 4.78 is 0. The molecule has 0 radical (unpaired) electrons. The summed E-state index contributed by atoms with van der Waals surface area (Å²) in [4.78, 5) is 7.04. The highest BCUT2D eigenvalue weighted by Crippen LogP contribution is 2.49. The lowest BCUT2D eigenvalue weighted by Crippen LogP contribution is -2.38. The molecule has 3 rings (SSSR count). The summed E-state index contributed by atoms with van der Waals surface area (Å²) in [6.07, 6.45) is 7.65. The standard InChI is InChI=1S/C18H27N3.HI/c1-15-8-4-5-9-16(15)18(10-11-18)14-20-17(19)21-12-6-2-3-7-13-21;/h4-5,8-9H,2-3,6-7,10-14H2,1H3,(H2,19,20);1H. The molecule has 1 aliphatic carbocycles. The van der Waals surface area contributed by atoms with Gasteiger partial charge in [0.2, 0.25) is 0 Å². The first kappa shape index (κ1) is 17.6. The van der Waals surface area contributed by atoms with Gasteiger partial charge in [-0.2, -0.15) is 0 Å². The molecule has 1 saturated carbocycles. The molecular weight excluding hydrogens is 385 g/mol. The second-order valence-electron chi connectivity index (χ2n) is 6.67. The summed E-state index contributed by atoms with van der Waals surface area (Å²) in [5.74, 6) is 0.761. The molecule has 3 nitrogen and oxygen atoms in total. The molecule has 2 N–H and O–H groups in total. The molecule has 1 aromatic carbocycles. The number of guanidine groups is 1. The highest BCUT2D eigenvalue weighted by molar-refractivity contribution is 14.0. The Kier molecular flexibility index (Phi) is 6.12. The molecular formula is C18H28IN3. The maximum Gasteiger partial charge on any atom is 0.191 e. The lowest BCUT2D eigenvalue weighted by molar-refractivity contribution is 0.427. The van der Waals surface area contributed by atoms with Crippen LogP contribution < -0.4 is 5.73 Å². The molecule has 0 unspecified atom stereocenters. The van der Waals surface area contributed by atoms with Gasteiger partial charge >= 0.3 is 0 Å². The van der Waals surface area contributed by atoms with Crippen LogP contribution in [0, 0.1) is 6.92 Å². The Hall–Kier alpha value is -0.780. The van der Waals surface area contributed by atoms with Crippen LogP contribution in [0.5, 0.6) is 0 Å². The molecule has 1 heterocycles. The second-order valence-corrected chi connectivity index (χ2v) is 6.67. The average Bonchev–Trinajstić information content (AvgIpc) is 3.30. The molecule has 1 aromatic rings. The number of aryl methyl sites for hydroxylation is 1. The number of halogens is 1. The van der Waals surface area contributed by atoms with Gasteiger partial charge in [0.05, 0.1) is 6.54 Å². The van der Waals surface area contributed by atoms with Crippen LogP contribution in [-0.2, 0) is 5.41 Å². The third-order valence-corrected chi connectivity index (χ3v) is 5.04. The first-order valence-corrected chi connectivity index (χ1v) is 8.32. The van der Waals surface area contributed by atoms with Crippen molar-refractivity contribution in [3.05, 3.63) is 35.4 Å². The highest BCUT2D eigenvalue weighted by atomic mass is 127. The van der Waals surface area contributed by atoms with Gasteiger partial charge in [-0.1, -0.05) is 37.1 Å². The topological polar surface area (TPSA) is 41.6 Å². The fourth-order valence-electron chi connectivity index (χ4n) is 3.46. The lowest BCUT2D eigenvalue weighted by Gasteiger charge is -2.22. The van der Waals surface area contributed by atoms with E-state index in [0.29, 0.717) is 0 Å². The van der Waals surface area contributed by atoms with Crippen molar-refractivity contribution in [3.8, 4) is 0 Å². The van der Waals surface area contributed by atoms with Gasteiger partial charge in [-0.05, 0) is 43.7 Å². The molecule has 0 aromatic heterocycles. The number of likely N-dealkylation sites (tertiary alicyclic amines) is 1. The molecule has 22 heavy (non-hydrogen) atoms. The van der Waals surface area contributed by atoms with Gasteiger partial charge in [0, 0.05) is 18.5 Å². The average molecular weight is 413 g/mol. The Bertz CT molecular complexity index is 515. The van der Waals surface area contributed by atoms with Crippen molar-refractivity contribution in [3.63, 3.8) is 0 Å². The molecule has 2 aliphatic rings. The first-order valence-electron chi connectivity index (χ1n) is 8.32. The Morgan fingerprint density at radius 3 is 2.36 bits per heavy atom. The van der Waals surface area contributed by atoms with Gasteiger partial charge in [0.1, 0.15) is 0 Å². The predicted molar refractivity (Wildman–Crippen MR) is 104 cm³/mol. The molecule has 1 aliphatic heterocycles. The van der Waals surface area contributed by atoms with Crippen molar-refractivity contribution in [2.45, 2.75) is 50.9 Å². The SMILES string of the molecule is Cc1ccccc1C1(CN=C(N)N2CCCCCC2)CC1.I. The number of rotatable bonds is 3. The van der Waals surface area contributed by atoms with E-state index in [4.69, 9.17) is 10.7 Å². The molecule has 0 spiro atoms. The van der Waals surface area contributed by atoms with E-state index in [0.717, 1.165) is 25.6 Å². The van der Waals surface area contributed by atoms with Crippen molar-refractivity contribution in [1.82, 2.24) is 4.90 Å². The second kappa shape index (κ2) is 7.66. The van der Waals surface area contributed by atoms with Crippen LogP contribution in [0.3, 0.4) is 0 Å². The van der Waals surface area contributed by atoms with Gasteiger partial charge in [0.15, 0.2) is 5.96 Å². The van der Waals surface area contributed by atoms with Crippen molar-refractivity contribution in [2.75, 3.05) is 19.6 Å². The Morgan fingerprint density at radius 1 is 1.14 bits per heavy atom. The van der Waals surface area contributed by atoms with Gasteiger partial charge in [-0.25, -0.2) is 0 Å². The number of aliphatic imine (C=N–C) groups is 1. The van der Waals surface area contributed by atoms with E-state index in [-0.39, 0.29) is 29.4 Å². The van der Waals surface area contributed by atoms with E-state index in [1.165, 1.54) is 49.7 Å². The maximum absolute atomic E-state index is 6.24. The fourth-order valence-corrected chi connectivity index (χ4v) is 3.46. The van der Waals surface area contributed by atoms with E-state index in [1.54, 1.807) is 0 Å². The Labute approximate surface area is 151 Å². The predicted octanol–water partition coefficient (Wildman–Crippen LogP) is 3.84. The smallest absolute Gasteiger partial charge is 0.191 e. The summed E-state index contributed by atoms with van der Waals surface area (Å²) in [6.45, 7) is 5.21. The number of hydrogen-bond acceptors (Lipinski definition) is 1. The Balaban J connectivity index is 0.00000176. The van der Waals surface area contributed by atoms with Crippen LogP contribution in [0.1, 0.15) is 49.7 Å². The number of benzene rings is 1.